The summed E-state index contributed by atoms with van der Waals surface area (Å²) in [6.07, 6.45) is 0. The molecule has 0 unspecified atom stereocenters. The number of hydrogen-bond acceptors (Lipinski definition) is 2. The first-order chi connectivity index (χ1) is 6.75. The zero-order chi connectivity index (χ0) is 11.8. The molecule has 0 saturated heterocycles. The van der Waals surface area contributed by atoms with E-state index in [1.807, 2.05) is 0 Å². The molecule has 0 fully saturated rings. The van der Waals surface area contributed by atoms with Crippen LogP contribution in [0.15, 0.2) is 6.58 Å². The van der Waals surface area contributed by atoms with Crippen molar-refractivity contribution in [1.29, 1.82) is 0 Å². The molecule has 1 heterocycles. The van der Waals surface area contributed by atoms with Crippen LogP contribution in [0.25, 0.3) is 5.70 Å². The molecule has 0 aromatic carbocycles. The van der Waals surface area contributed by atoms with Gasteiger partial charge in [-0.05, 0) is 11.3 Å². The molecule has 0 amide bonds. The first-order valence-corrected chi connectivity index (χ1v) is 5.28. The van der Waals surface area contributed by atoms with Crippen LogP contribution in [0, 0.1) is 0 Å². The van der Waals surface area contributed by atoms with Gasteiger partial charge < -0.3 is 5.73 Å². The normalized spacial score (nSPS) is 12.1. The lowest BCUT2D eigenvalue weighted by Gasteiger charge is -2.22. The van der Waals surface area contributed by atoms with Crippen molar-refractivity contribution in [3.63, 3.8) is 0 Å². The second-order valence-electron chi connectivity index (χ2n) is 5.29. The van der Waals surface area contributed by atoms with E-state index in [1.54, 1.807) is 0 Å². The van der Waals surface area contributed by atoms with Gasteiger partial charge in [-0.1, -0.05) is 41.2 Å². The van der Waals surface area contributed by atoms with Gasteiger partial charge >= 0.3 is 0 Å². The first-order valence-electron chi connectivity index (χ1n) is 5.28. The smallest absolute Gasteiger partial charge is 0.111 e. The molecule has 15 heavy (non-hydrogen) atoms. The van der Waals surface area contributed by atoms with Crippen LogP contribution in [0.1, 0.15) is 57.5 Å². The largest absolute Gasteiger partial charge is 0.397 e. The van der Waals surface area contributed by atoms with E-state index in [0.29, 0.717) is 11.6 Å². The van der Waals surface area contributed by atoms with Gasteiger partial charge in [-0.3, -0.25) is 5.10 Å². The molecule has 0 spiro atoms. The van der Waals surface area contributed by atoms with Crippen LogP contribution < -0.4 is 5.73 Å². The van der Waals surface area contributed by atoms with E-state index < -0.39 is 0 Å². The number of nitrogens with two attached hydrogens (primary N) is 1. The average molecular weight is 207 g/mol. The first kappa shape index (κ1) is 11.8. The third kappa shape index (κ3) is 2.22. The number of aromatic amines is 1. The lowest BCUT2D eigenvalue weighted by Crippen LogP contribution is -2.16. The fourth-order valence-corrected chi connectivity index (χ4v) is 1.76. The summed E-state index contributed by atoms with van der Waals surface area (Å²) >= 11 is 0. The SMILES string of the molecule is C=C(N)c1n[nH]c(C(C)C)c1C(C)(C)C. The van der Waals surface area contributed by atoms with Crippen LogP contribution >= 0.6 is 0 Å². The Morgan fingerprint density at radius 1 is 1.40 bits per heavy atom. The maximum absolute atomic E-state index is 5.75. The summed E-state index contributed by atoms with van der Waals surface area (Å²) in [7, 11) is 0. The van der Waals surface area contributed by atoms with Crippen LogP contribution in [-0.2, 0) is 5.41 Å². The van der Waals surface area contributed by atoms with Gasteiger partial charge in [0.1, 0.15) is 5.69 Å². The molecule has 0 aliphatic rings. The standard InChI is InChI=1S/C12H21N3/c1-7(2)10-9(12(4,5)6)11(8(3)13)15-14-10/h7H,3,13H2,1-2,4-6H3,(H,14,15). The van der Waals surface area contributed by atoms with E-state index >= 15 is 0 Å². The Labute approximate surface area is 91.8 Å². The van der Waals surface area contributed by atoms with E-state index in [1.165, 1.54) is 5.56 Å². The molecule has 0 radical (unpaired) electrons. The molecule has 0 saturated carbocycles. The fourth-order valence-electron chi connectivity index (χ4n) is 1.76. The Kier molecular flexibility index (Phi) is 2.93. The molecule has 0 aliphatic heterocycles. The van der Waals surface area contributed by atoms with Gasteiger partial charge in [0.2, 0.25) is 0 Å². The monoisotopic (exact) mass is 207 g/mol. The Balaban J connectivity index is 3.40. The highest BCUT2D eigenvalue weighted by atomic mass is 15.1. The molecule has 3 heteroatoms. The second kappa shape index (κ2) is 3.72. The second-order valence-corrected chi connectivity index (χ2v) is 5.29. The van der Waals surface area contributed by atoms with Crippen molar-refractivity contribution in [1.82, 2.24) is 10.2 Å². The van der Waals surface area contributed by atoms with Crippen molar-refractivity contribution in [3.8, 4) is 0 Å². The van der Waals surface area contributed by atoms with Gasteiger partial charge in [0.05, 0.1) is 5.70 Å². The van der Waals surface area contributed by atoms with Gasteiger partial charge in [0.25, 0.3) is 0 Å². The van der Waals surface area contributed by atoms with Crippen LogP contribution in [0.3, 0.4) is 0 Å². The third-order valence-corrected chi connectivity index (χ3v) is 2.43. The lowest BCUT2D eigenvalue weighted by molar-refractivity contribution is 0.575. The van der Waals surface area contributed by atoms with Crippen LogP contribution in [-0.4, -0.2) is 10.2 Å². The number of nitrogens with one attached hydrogen (secondary N) is 1. The number of hydrogen-bond donors (Lipinski definition) is 2. The number of H-pyrrole nitrogens is 1. The Hall–Kier alpha value is -1.25. The highest BCUT2D eigenvalue weighted by molar-refractivity contribution is 5.62. The molecular formula is C12H21N3. The molecule has 3 N–H and O–H groups in total. The predicted octanol–water partition coefficient (Wildman–Crippen LogP) is 2.76. The molecule has 84 valence electrons. The third-order valence-electron chi connectivity index (χ3n) is 2.43. The van der Waals surface area contributed by atoms with E-state index in [2.05, 4.69) is 51.4 Å². The van der Waals surface area contributed by atoms with E-state index in [0.717, 1.165) is 11.4 Å². The molecule has 1 aromatic rings. The van der Waals surface area contributed by atoms with Crippen LogP contribution in [0.5, 0.6) is 0 Å². The molecule has 0 atom stereocenters. The minimum Gasteiger partial charge on any atom is -0.397 e. The maximum Gasteiger partial charge on any atom is 0.111 e. The van der Waals surface area contributed by atoms with Crippen LogP contribution in [0.4, 0.5) is 0 Å². The summed E-state index contributed by atoms with van der Waals surface area (Å²) in [6.45, 7) is 14.5. The summed E-state index contributed by atoms with van der Waals surface area (Å²) in [4.78, 5) is 0. The molecule has 0 bridgehead atoms. The average Bonchev–Trinajstić information content (AvgIpc) is 2.45. The van der Waals surface area contributed by atoms with Crippen LogP contribution in [0.2, 0.25) is 0 Å². The quantitative estimate of drug-likeness (QED) is 0.783. The zero-order valence-corrected chi connectivity index (χ0v) is 10.3. The van der Waals surface area contributed by atoms with E-state index in [4.69, 9.17) is 5.73 Å². The number of aromatic nitrogens is 2. The zero-order valence-electron chi connectivity index (χ0n) is 10.3. The van der Waals surface area contributed by atoms with Gasteiger partial charge in [-0.25, -0.2) is 0 Å². The number of rotatable bonds is 2. The molecule has 1 rings (SSSR count). The van der Waals surface area contributed by atoms with E-state index in [-0.39, 0.29) is 5.41 Å². The Bertz CT molecular complexity index is 367. The highest BCUT2D eigenvalue weighted by Gasteiger charge is 2.26. The van der Waals surface area contributed by atoms with Crippen molar-refractivity contribution >= 4 is 5.70 Å². The summed E-state index contributed by atoms with van der Waals surface area (Å²) < 4.78 is 0. The molecule has 1 aromatic heterocycles. The molecule has 0 aliphatic carbocycles. The summed E-state index contributed by atoms with van der Waals surface area (Å²) in [6, 6.07) is 0. The summed E-state index contributed by atoms with van der Waals surface area (Å²) in [5, 5.41) is 7.32. The molecular weight excluding hydrogens is 186 g/mol. The van der Waals surface area contributed by atoms with Crippen molar-refractivity contribution in [2.75, 3.05) is 0 Å². The predicted molar refractivity (Wildman–Crippen MR) is 64.6 cm³/mol. The van der Waals surface area contributed by atoms with Gasteiger partial charge in [0.15, 0.2) is 0 Å². The summed E-state index contributed by atoms with van der Waals surface area (Å²) in [5.74, 6) is 0.417. The maximum atomic E-state index is 5.75. The minimum atomic E-state index is 0.0320. The lowest BCUT2D eigenvalue weighted by atomic mass is 9.82. The Morgan fingerprint density at radius 2 is 1.93 bits per heavy atom. The Morgan fingerprint density at radius 3 is 2.27 bits per heavy atom. The fraction of sp³-hybridized carbons (Fsp3) is 0.583. The van der Waals surface area contributed by atoms with Crippen molar-refractivity contribution in [3.05, 3.63) is 23.5 Å². The highest BCUT2D eigenvalue weighted by Crippen LogP contribution is 2.33. The molecule has 3 nitrogen and oxygen atoms in total. The van der Waals surface area contributed by atoms with Crippen molar-refractivity contribution < 1.29 is 0 Å². The summed E-state index contributed by atoms with van der Waals surface area (Å²) in [5.41, 5.74) is 9.46. The van der Waals surface area contributed by atoms with Gasteiger partial charge in [-0.15, -0.1) is 0 Å². The number of nitrogens with zero attached hydrogens (tertiary/aromatic N) is 1. The topological polar surface area (TPSA) is 54.7 Å². The van der Waals surface area contributed by atoms with Gasteiger partial charge in [-0.2, -0.15) is 5.10 Å². The van der Waals surface area contributed by atoms with Crippen molar-refractivity contribution in [2.24, 2.45) is 5.73 Å². The minimum absolute atomic E-state index is 0.0320. The van der Waals surface area contributed by atoms with Crippen molar-refractivity contribution in [2.45, 2.75) is 46.0 Å². The van der Waals surface area contributed by atoms with Gasteiger partial charge in [0, 0.05) is 11.3 Å². The van der Waals surface area contributed by atoms with E-state index in [9.17, 15) is 0 Å².